The number of aromatic nitrogens is 2. The van der Waals surface area contributed by atoms with E-state index in [1.54, 1.807) is 11.7 Å². The third-order valence-electron chi connectivity index (χ3n) is 3.63. The molecule has 0 aliphatic rings. The first-order valence-corrected chi connectivity index (χ1v) is 7.57. The SMILES string of the molecule is CN=C(NCc1cnn(C)c1)NCC(C)c1cccc(C)c1.I. The smallest absolute Gasteiger partial charge is 0.191 e. The van der Waals surface area contributed by atoms with Crippen LogP contribution in [0.15, 0.2) is 41.7 Å². The van der Waals surface area contributed by atoms with E-state index in [0.29, 0.717) is 12.5 Å². The largest absolute Gasteiger partial charge is 0.356 e. The molecule has 0 bridgehead atoms. The average molecular weight is 427 g/mol. The van der Waals surface area contributed by atoms with Gasteiger partial charge in [-0.3, -0.25) is 9.67 Å². The Kier molecular flexibility index (Phi) is 8.08. The Balaban J connectivity index is 0.00000264. The van der Waals surface area contributed by atoms with Crippen LogP contribution < -0.4 is 10.6 Å². The quantitative estimate of drug-likeness (QED) is 0.439. The Morgan fingerprint density at radius 1 is 1.35 bits per heavy atom. The highest BCUT2D eigenvalue weighted by molar-refractivity contribution is 14.0. The average Bonchev–Trinajstić information content (AvgIpc) is 2.92. The number of aryl methyl sites for hydroxylation is 2. The Morgan fingerprint density at radius 3 is 2.74 bits per heavy atom. The molecule has 0 saturated carbocycles. The molecule has 0 saturated heterocycles. The third kappa shape index (κ3) is 6.21. The Hall–Kier alpha value is -1.57. The van der Waals surface area contributed by atoms with Crippen molar-refractivity contribution in [1.82, 2.24) is 20.4 Å². The predicted molar refractivity (Wildman–Crippen MR) is 106 cm³/mol. The molecule has 0 aliphatic heterocycles. The van der Waals surface area contributed by atoms with Gasteiger partial charge < -0.3 is 10.6 Å². The maximum atomic E-state index is 4.26. The molecule has 0 radical (unpaired) electrons. The van der Waals surface area contributed by atoms with Crippen LogP contribution in [0.3, 0.4) is 0 Å². The number of nitrogens with one attached hydrogen (secondary N) is 2. The summed E-state index contributed by atoms with van der Waals surface area (Å²) in [4.78, 5) is 4.26. The first-order valence-electron chi connectivity index (χ1n) is 7.57. The monoisotopic (exact) mass is 427 g/mol. The lowest BCUT2D eigenvalue weighted by Crippen LogP contribution is -2.38. The van der Waals surface area contributed by atoms with E-state index in [-0.39, 0.29) is 24.0 Å². The van der Waals surface area contributed by atoms with E-state index in [2.05, 4.69) is 58.8 Å². The van der Waals surface area contributed by atoms with Crippen molar-refractivity contribution in [1.29, 1.82) is 0 Å². The molecular formula is C17H26IN5. The summed E-state index contributed by atoms with van der Waals surface area (Å²) in [6, 6.07) is 8.64. The van der Waals surface area contributed by atoms with E-state index in [0.717, 1.165) is 18.1 Å². The van der Waals surface area contributed by atoms with Gasteiger partial charge in [-0.1, -0.05) is 36.8 Å². The van der Waals surface area contributed by atoms with Gasteiger partial charge in [-0.2, -0.15) is 5.10 Å². The molecule has 1 aromatic heterocycles. The summed E-state index contributed by atoms with van der Waals surface area (Å²) in [6.07, 6.45) is 3.85. The number of benzene rings is 1. The van der Waals surface area contributed by atoms with Crippen molar-refractivity contribution < 1.29 is 0 Å². The number of halogens is 1. The first-order chi connectivity index (χ1) is 10.6. The summed E-state index contributed by atoms with van der Waals surface area (Å²) in [5.41, 5.74) is 3.77. The zero-order valence-electron chi connectivity index (χ0n) is 14.2. The van der Waals surface area contributed by atoms with E-state index in [1.165, 1.54) is 11.1 Å². The second kappa shape index (κ2) is 9.54. The van der Waals surface area contributed by atoms with Gasteiger partial charge in [-0.15, -0.1) is 24.0 Å². The van der Waals surface area contributed by atoms with Crippen molar-refractivity contribution >= 4 is 29.9 Å². The molecule has 2 aromatic rings. The van der Waals surface area contributed by atoms with Crippen LogP contribution >= 0.6 is 24.0 Å². The van der Waals surface area contributed by atoms with Gasteiger partial charge in [0.05, 0.1) is 6.20 Å². The van der Waals surface area contributed by atoms with Crippen molar-refractivity contribution in [3.8, 4) is 0 Å². The van der Waals surface area contributed by atoms with Crippen LogP contribution in [0, 0.1) is 6.92 Å². The molecule has 5 nitrogen and oxygen atoms in total. The van der Waals surface area contributed by atoms with Crippen LogP contribution in [-0.2, 0) is 13.6 Å². The van der Waals surface area contributed by atoms with Crippen LogP contribution in [0.5, 0.6) is 0 Å². The molecule has 0 spiro atoms. The van der Waals surface area contributed by atoms with E-state index in [1.807, 2.05) is 19.4 Å². The zero-order chi connectivity index (χ0) is 15.9. The van der Waals surface area contributed by atoms with Crippen LogP contribution in [0.4, 0.5) is 0 Å². The van der Waals surface area contributed by atoms with E-state index >= 15 is 0 Å². The lowest BCUT2D eigenvalue weighted by Gasteiger charge is -2.16. The first kappa shape index (κ1) is 19.5. The molecule has 1 heterocycles. The number of rotatable bonds is 5. The van der Waals surface area contributed by atoms with Gasteiger partial charge >= 0.3 is 0 Å². The maximum Gasteiger partial charge on any atom is 0.191 e. The van der Waals surface area contributed by atoms with Crippen molar-refractivity contribution in [2.45, 2.75) is 26.3 Å². The summed E-state index contributed by atoms with van der Waals surface area (Å²) >= 11 is 0. The Labute approximate surface area is 155 Å². The summed E-state index contributed by atoms with van der Waals surface area (Å²) < 4.78 is 1.80. The van der Waals surface area contributed by atoms with E-state index in [9.17, 15) is 0 Å². The standard InChI is InChI=1S/C17H25N5.HI/c1-13-6-5-7-16(8-13)14(2)9-19-17(18-3)20-10-15-11-21-22(4)12-15;/h5-8,11-12,14H,9-10H2,1-4H3,(H2,18,19,20);1H. The number of nitrogens with zero attached hydrogens (tertiary/aromatic N) is 3. The van der Waals surface area contributed by atoms with Gasteiger partial charge in [0.1, 0.15) is 0 Å². The molecule has 0 fully saturated rings. The van der Waals surface area contributed by atoms with Crippen LogP contribution in [-0.4, -0.2) is 29.3 Å². The summed E-state index contributed by atoms with van der Waals surface area (Å²) in [6.45, 7) is 5.90. The molecule has 1 aromatic carbocycles. The number of aliphatic imine (C=N–C) groups is 1. The molecule has 1 atom stereocenters. The fourth-order valence-electron chi connectivity index (χ4n) is 2.31. The normalized spacial score (nSPS) is 12.4. The Bertz CT molecular complexity index is 635. The Morgan fingerprint density at radius 2 is 2.13 bits per heavy atom. The molecule has 6 heteroatoms. The molecule has 126 valence electrons. The second-order valence-corrected chi connectivity index (χ2v) is 5.64. The van der Waals surface area contributed by atoms with Crippen molar-refractivity contribution in [2.75, 3.05) is 13.6 Å². The minimum absolute atomic E-state index is 0. The highest BCUT2D eigenvalue weighted by Gasteiger charge is 2.07. The summed E-state index contributed by atoms with van der Waals surface area (Å²) in [5.74, 6) is 1.24. The third-order valence-corrected chi connectivity index (χ3v) is 3.63. The summed E-state index contributed by atoms with van der Waals surface area (Å²) in [5, 5.41) is 10.8. The zero-order valence-corrected chi connectivity index (χ0v) is 16.5. The molecule has 0 aliphatic carbocycles. The van der Waals surface area contributed by atoms with E-state index < -0.39 is 0 Å². The molecule has 1 unspecified atom stereocenters. The fraction of sp³-hybridized carbons (Fsp3) is 0.412. The van der Waals surface area contributed by atoms with Gasteiger partial charge in [-0.05, 0) is 18.4 Å². The van der Waals surface area contributed by atoms with Crippen molar-refractivity contribution in [3.63, 3.8) is 0 Å². The van der Waals surface area contributed by atoms with Crippen LogP contribution in [0.25, 0.3) is 0 Å². The molecule has 2 rings (SSSR count). The van der Waals surface area contributed by atoms with Crippen molar-refractivity contribution in [3.05, 3.63) is 53.3 Å². The highest BCUT2D eigenvalue weighted by Crippen LogP contribution is 2.15. The van der Waals surface area contributed by atoms with Gasteiger partial charge in [0.15, 0.2) is 5.96 Å². The van der Waals surface area contributed by atoms with Gasteiger partial charge in [0, 0.05) is 38.9 Å². The molecule has 23 heavy (non-hydrogen) atoms. The minimum atomic E-state index is 0. The molecular weight excluding hydrogens is 401 g/mol. The lowest BCUT2D eigenvalue weighted by atomic mass is 9.99. The molecule has 2 N–H and O–H groups in total. The maximum absolute atomic E-state index is 4.26. The highest BCUT2D eigenvalue weighted by atomic mass is 127. The van der Waals surface area contributed by atoms with E-state index in [4.69, 9.17) is 0 Å². The second-order valence-electron chi connectivity index (χ2n) is 5.64. The fourth-order valence-corrected chi connectivity index (χ4v) is 2.31. The van der Waals surface area contributed by atoms with Gasteiger partial charge in [0.2, 0.25) is 0 Å². The van der Waals surface area contributed by atoms with Gasteiger partial charge in [0.25, 0.3) is 0 Å². The topological polar surface area (TPSA) is 54.2 Å². The number of guanidine groups is 1. The number of hydrogen-bond donors (Lipinski definition) is 2. The van der Waals surface area contributed by atoms with Crippen molar-refractivity contribution in [2.24, 2.45) is 12.0 Å². The van der Waals surface area contributed by atoms with Gasteiger partial charge in [-0.25, -0.2) is 0 Å². The molecule has 0 amide bonds. The van der Waals surface area contributed by atoms with Crippen LogP contribution in [0.1, 0.15) is 29.5 Å². The predicted octanol–water partition coefficient (Wildman–Crippen LogP) is 2.82. The minimum Gasteiger partial charge on any atom is -0.356 e. The summed E-state index contributed by atoms with van der Waals surface area (Å²) in [7, 11) is 3.70. The lowest BCUT2D eigenvalue weighted by molar-refractivity contribution is 0.698. The van der Waals surface area contributed by atoms with Crippen LogP contribution in [0.2, 0.25) is 0 Å². The number of hydrogen-bond acceptors (Lipinski definition) is 2.